The van der Waals surface area contributed by atoms with Gasteiger partial charge in [-0.3, -0.25) is 0 Å². The van der Waals surface area contributed by atoms with Gasteiger partial charge in [-0.05, 0) is 13.2 Å². The zero-order chi connectivity index (χ0) is 15.2. The van der Waals surface area contributed by atoms with Gasteiger partial charge in [0, 0.05) is 33.3 Å². The van der Waals surface area contributed by atoms with Gasteiger partial charge in [-0.1, -0.05) is 11.8 Å². The lowest BCUT2D eigenvalue weighted by Crippen LogP contribution is -2.28. The summed E-state index contributed by atoms with van der Waals surface area (Å²) in [5, 5.41) is 6.78. The first-order chi connectivity index (χ1) is 9.39. The predicted octanol–water partition coefficient (Wildman–Crippen LogP) is 0.934. The standard InChI is InChI=1S/C11H21N5O2S2/c1-5-12-9-8-10(15-11(14-9)19-4)13-6-7-20(17,18)16(2)3/h8H,5-7H2,1-4H3,(H2,12,13,14,15). The Bertz CT molecular complexity index is 534. The van der Waals surface area contributed by atoms with Crippen LogP contribution in [0.2, 0.25) is 0 Å². The van der Waals surface area contributed by atoms with Crippen LogP contribution < -0.4 is 10.6 Å². The first-order valence-electron chi connectivity index (χ1n) is 6.20. The normalized spacial score (nSPS) is 11.7. The van der Waals surface area contributed by atoms with Crippen molar-refractivity contribution in [1.82, 2.24) is 14.3 Å². The fourth-order valence-corrected chi connectivity index (χ4v) is 2.47. The number of aromatic nitrogens is 2. The maximum absolute atomic E-state index is 11.6. The molecule has 0 bridgehead atoms. The van der Waals surface area contributed by atoms with E-state index in [2.05, 4.69) is 20.6 Å². The summed E-state index contributed by atoms with van der Waals surface area (Å²) in [4.78, 5) is 8.59. The van der Waals surface area contributed by atoms with Crippen LogP contribution >= 0.6 is 11.8 Å². The minimum atomic E-state index is -3.20. The van der Waals surface area contributed by atoms with Crippen LogP contribution in [0.4, 0.5) is 11.6 Å². The number of thioether (sulfide) groups is 1. The minimum absolute atomic E-state index is 0.0230. The van der Waals surface area contributed by atoms with Gasteiger partial charge in [0.05, 0.1) is 5.75 Å². The maximum Gasteiger partial charge on any atom is 0.215 e. The van der Waals surface area contributed by atoms with Gasteiger partial charge in [0.2, 0.25) is 10.0 Å². The van der Waals surface area contributed by atoms with E-state index >= 15 is 0 Å². The Balaban J connectivity index is 2.70. The van der Waals surface area contributed by atoms with Crippen LogP contribution in [-0.2, 0) is 10.0 Å². The fraction of sp³-hybridized carbons (Fsp3) is 0.636. The molecule has 0 amide bonds. The highest BCUT2D eigenvalue weighted by Gasteiger charge is 2.13. The van der Waals surface area contributed by atoms with E-state index in [9.17, 15) is 8.42 Å². The SMILES string of the molecule is CCNc1cc(NCCS(=O)(=O)N(C)C)nc(SC)n1. The molecule has 0 saturated carbocycles. The molecule has 0 aliphatic carbocycles. The summed E-state index contributed by atoms with van der Waals surface area (Å²) < 4.78 is 24.5. The van der Waals surface area contributed by atoms with Gasteiger partial charge in [0.25, 0.3) is 0 Å². The number of hydrogen-bond donors (Lipinski definition) is 2. The molecule has 0 radical (unpaired) electrons. The molecule has 1 heterocycles. The van der Waals surface area contributed by atoms with Crippen molar-refractivity contribution in [1.29, 1.82) is 0 Å². The van der Waals surface area contributed by atoms with Gasteiger partial charge >= 0.3 is 0 Å². The van der Waals surface area contributed by atoms with Crippen LogP contribution in [0, 0.1) is 0 Å². The third-order valence-corrected chi connectivity index (χ3v) is 4.85. The smallest absolute Gasteiger partial charge is 0.215 e. The van der Waals surface area contributed by atoms with E-state index in [-0.39, 0.29) is 5.75 Å². The molecule has 0 spiro atoms. The van der Waals surface area contributed by atoms with Gasteiger partial charge in [-0.2, -0.15) is 0 Å². The van der Waals surface area contributed by atoms with Crippen LogP contribution in [0.5, 0.6) is 0 Å². The number of sulfonamides is 1. The number of nitrogens with zero attached hydrogens (tertiary/aromatic N) is 3. The Kier molecular flexibility index (Phi) is 6.50. The van der Waals surface area contributed by atoms with Gasteiger partial charge < -0.3 is 10.6 Å². The van der Waals surface area contributed by atoms with Crippen molar-refractivity contribution in [3.8, 4) is 0 Å². The minimum Gasteiger partial charge on any atom is -0.370 e. The molecule has 1 rings (SSSR count). The summed E-state index contributed by atoms with van der Waals surface area (Å²) in [6.07, 6.45) is 1.89. The molecule has 0 aromatic carbocycles. The second-order valence-corrected chi connectivity index (χ2v) is 7.26. The zero-order valence-corrected chi connectivity index (χ0v) is 13.8. The highest BCUT2D eigenvalue weighted by molar-refractivity contribution is 7.98. The zero-order valence-electron chi connectivity index (χ0n) is 12.2. The molecule has 0 unspecified atom stereocenters. The number of anilines is 2. The quantitative estimate of drug-likeness (QED) is 0.544. The Hall–Kier alpha value is -1.06. The molecule has 9 heteroatoms. The van der Waals surface area contributed by atoms with E-state index in [1.165, 1.54) is 30.2 Å². The first-order valence-corrected chi connectivity index (χ1v) is 9.03. The Morgan fingerprint density at radius 1 is 1.25 bits per heavy atom. The lowest BCUT2D eigenvalue weighted by Gasteiger charge is -2.12. The van der Waals surface area contributed by atoms with Crippen molar-refractivity contribution in [2.24, 2.45) is 0 Å². The van der Waals surface area contributed by atoms with E-state index in [0.29, 0.717) is 17.5 Å². The van der Waals surface area contributed by atoms with Gasteiger partial charge in [0.1, 0.15) is 11.6 Å². The summed E-state index contributed by atoms with van der Waals surface area (Å²) >= 11 is 1.44. The lowest BCUT2D eigenvalue weighted by molar-refractivity contribution is 0.521. The summed E-state index contributed by atoms with van der Waals surface area (Å²) in [6.45, 7) is 3.05. The lowest BCUT2D eigenvalue weighted by atomic mass is 10.5. The summed E-state index contributed by atoms with van der Waals surface area (Å²) in [6, 6.07) is 1.77. The Morgan fingerprint density at radius 2 is 1.85 bits per heavy atom. The molecule has 0 aliphatic rings. The Morgan fingerprint density at radius 3 is 2.35 bits per heavy atom. The van der Waals surface area contributed by atoms with Crippen molar-refractivity contribution in [2.45, 2.75) is 12.1 Å². The molecule has 0 atom stereocenters. The van der Waals surface area contributed by atoms with Crippen molar-refractivity contribution >= 4 is 33.4 Å². The number of nitrogens with one attached hydrogen (secondary N) is 2. The summed E-state index contributed by atoms with van der Waals surface area (Å²) in [7, 11) is -0.152. The van der Waals surface area contributed by atoms with Crippen molar-refractivity contribution in [3.63, 3.8) is 0 Å². The third-order valence-electron chi connectivity index (χ3n) is 2.47. The first kappa shape index (κ1) is 17.0. The predicted molar refractivity (Wildman–Crippen MR) is 83.9 cm³/mol. The average molecular weight is 319 g/mol. The summed E-state index contributed by atoms with van der Waals surface area (Å²) in [5.74, 6) is 1.37. The Labute approximate surface area is 124 Å². The second-order valence-electron chi connectivity index (χ2n) is 4.18. The van der Waals surface area contributed by atoms with Crippen molar-refractivity contribution < 1.29 is 8.42 Å². The largest absolute Gasteiger partial charge is 0.370 e. The third kappa shape index (κ3) is 5.14. The molecule has 20 heavy (non-hydrogen) atoms. The molecule has 7 nitrogen and oxygen atoms in total. The van der Waals surface area contributed by atoms with Crippen molar-refractivity contribution in [3.05, 3.63) is 6.07 Å². The van der Waals surface area contributed by atoms with Crippen LogP contribution in [-0.4, -0.2) is 61.9 Å². The van der Waals surface area contributed by atoms with Crippen LogP contribution in [0.15, 0.2) is 11.2 Å². The van der Waals surface area contributed by atoms with E-state index in [0.717, 1.165) is 12.4 Å². The molecule has 0 fully saturated rings. The molecule has 0 aliphatic heterocycles. The van der Waals surface area contributed by atoms with Gasteiger partial charge in [-0.15, -0.1) is 0 Å². The molecule has 2 N–H and O–H groups in total. The van der Waals surface area contributed by atoms with E-state index in [4.69, 9.17) is 0 Å². The fourth-order valence-electron chi connectivity index (χ4n) is 1.37. The van der Waals surface area contributed by atoms with Crippen LogP contribution in [0.25, 0.3) is 0 Å². The summed E-state index contributed by atoms with van der Waals surface area (Å²) in [5.41, 5.74) is 0. The highest BCUT2D eigenvalue weighted by Crippen LogP contribution is 2.17. The average Bonchev–Trinajstić information content (AvgIpc) is 2.38. The van der Waals surface area contributed by atoms with E-state index in [1.807, 2.05) is 13.2 Å². The second kappa shape index (κ2) is 7.65. The van der Waals surface area contributed by atoms with E-state index in [1.54, 1.807) is 6.07 Å². The molecular weight excluding hydrogens is 298 g/mol. The molecule has 114 valence electrons. The number of hydrogen-bond acceptors (Lipinski definition) is 7. The van der Waals surface area contributed by atoms with Crippen LogP contribution in [0.3, 0.4) is 0 Å². The van der Waals surface area contributed by atoms with Gasteiger partial charge in [-0.25, -0.2) is 22.7 Å². The van der Waals surface area contributed by atoms with Gasteiger partial charge in [0.15, 0.2) is 5.16 Å². The topological polar surface area (TPSA) is 87.2 Å². The molecule has 0 saturated heterocycles. The van der Waals surface area contributed by atoms with Crippen LogP contribution in [0.1, 0.15) is 6.92 Å². The number of rotatable bonds is 8. The maximum atomic E-state index is 11.6. The molecular formula is C11H21N5O2S2. The molecule has 1 aromatic rings. The van der Waals surface area contributed by atoms with E-state index < -0.39 is 10.0 Å². The molecule has 1 aromatic heterocycles. The highest BCUT2D eigenvalue weighted by atomic mass is 32.2. The monoisotopic (exact) mass is 319 g/mol. The van der Waals surface area contributed by atoms with Crippen molar-refractivity contribution in [2.75, 3.05) is 49.8 Å².